The Morgan fingerprint density at radius 1 is 1.28 bits per heavy atom. The van der Waals surface area contributed by atoms with Gasteiger partial charge < -0.3 is 10.5 Å². The van der Waals surface area contributed by atoms with Crippen molar-refractivity contribution >= 4 is 5.69 Å². The molecule has 8 heteroatoms. The number of halogens is 3. The molecule has 0 spiro atoms. The first-order valence-corrected chi connectivity index (χ1v) is 4.85. The number of methoxy groups -OCH3 is 1. The normalized spacial score (nSPS) is 11.6. The van der Waals surface area contributed by atoms with E-state index in [9.17, 15) is 13.2 Å². The van der Waals surface area contributed by atoms with Crippen LogP contribution in [0.25, 0.3) is 5.82 Å². The topological polar surface area (TPSA) is 66.0 Å². The summed E-state index contributed by atoms with van der Waals surface area (Å²) < 4.78 is 43.0. The molecule has 0 saturated carbocycles. The molecule has 0 aromatic carbocycles. The lowest BCUT2D eigenvalue weighted by Gasteiger charge is -2.06. The molecule has 2 N–H and O–H groups in total. The molecule has 18 heavy (non-hydrogen) atoms. The molecule has 0 bridgehead atoms. The number of rotatable bonds is 2. The Kier molecular flexibility index (Phi) is 2.85. The molecule has 0 aliphatic rings. The molecule has 2 aromatic heterocycles. The van der Waals surface area contributed by atoms with Crippen LogP contribution in [0.5, 0.6) is 5.88 Å². The maximum Gasteiger partial charge on any atom is 0.435 e. The number of nitrogens with zero attached hydrogens (tertiary/aromatic N) is 3. The number of hydrogen-bond acceptors (Lipinski definition) is 4. The van der Waals surface area contributed by atoms with Crippen LogP contribution >= 0.6 is 0 Å². The molecule has 2 rings (SSSR count). The van der Waals surface area contributed by atoms with Crippen LogP contribution in [0.3, 0.4) is 0 Å². The van der Waals surface area contributed by atoms with Crippen LogP contribution in [0.4, 0.5) is 18.9 Å². The predicted octanol–water partition coefficient (Wildman–Crippen LogP) is 1.88. The van der Waals surface area contributed by atoms with E-state index in [2.05, 4.69) is 10.1 Å². The smallest absolute Gasteiger partial charge is 0.435 e. The summed E-state index contributed by atoms with van der Waals surface area (Å²) in [6.45, 7) is 0. The van der Waals surface area contributed by atoms with Gasteiger partial charge in [-0.05, 0) is 18.2 Å². The largest absolute Gasteiger partial charge is 0.479 e. The van der Waals surface area contributed by atoms with Crippen molar-refractivity contribution in [3.8, 4) is 11.7 Å². The van der Waals surface area contributed by atoms with Crippen LogP contribution in [-0.4, -0.2) is 21.9 Å². The van der Waals surface area contributed by atoms with Gasteiger partial charge in [0.05, 0.1) is 12.8 Å². The number of aromatic nitrogens is 3. The highest BCUT2D eigenvalue weighted by atomic mass is 19.4. The van der Waals surface area contributed by atoms with Gasteiger partial charge in [-0.2, -0.15) is 23.3 Å². The van der Waals surface area contributed by atoms with Gasteiger partial charge in [-0.1, -0.05) is 0 Å². The van der Waals surface area contributed by atoms with Crippen molar-refractivity contribution in [1.82, 2.24) is 14.8 Å². The van der Waals surface area contributed by atoms with Gasteiger partial charge >= 0.3 is 6.18 Å². The molecule has 0 radical (unpaired) electrons. The molecule has 0 atom stereocenters. The molecule has 5 nitrogen and oxygen atoms in total. The number of anilines is 1. The zero-order chi connectivity index (χ0) is 13.3. The van der Waals surface area contributed by atoms with E-state index < -0.39 is 11.9 Å². The van der Waals surface area contributed by atoms with E-state index in [4.69, 9.17) is 10.5 Å². The van der Waals surface area contributed by atoms with E-state index in [1.807, 2.05) is 0 Å². The third-order valence-electron chi connectivity index (χ3n) is 2.18. The summed E-state index contributed by atoms with van der Waals surface area (Å²) in [6.07, 6.45) is -3.32. The summed E-state index contributed by atoms with van der Waals surface area (Å²) in [5.74, 6) is 0.327. The van der Waals surface area contributed by atoms with Gasteiger partial charge in [-0.25, -0.2) is 4.68 Å². The molecular formula is C10H9F3N4O. The van der Waals surface area contributed by atoms with Gasteiger partial charge in [0.1, 0.15) is 0 Å². The van der Waals surface area contributed by atoms with E-state index in [1.54, 1.807) is 0 Å². The minimum Gasteiger partial charge on any atom is -0.479 e. The summed E-state index contributed by atoms with van der Waals surface area (Å²) in [7, 11) is 1.37. The Balaban J connectivity index is 2.40. The SMILES string of the molecule is COc1nc(-n2ccc(C(F)(F)F)n2)ccc1N. The standard InChI is InChI=1S/C10H9F3N4O/c1-18-9-6(14)2-3-8(15-9)17-5-4-7(16-17)10(11,12)13/h2-5H,14H2,1H3. The highest BCUT2D eigenvalue weighted by Crippen LogP contribution is 2.28. The maximum atomic E-state index is 12.4. The number of ether oxygens (including phenoxy) is 1. The molecule has 0 saturated heterocycles. The summed E-state index contributed by atoms with van der Waals surface area (Å²) >= 11 is 0. The van der Waals surface area contributed by atoms with E-state index >= 15 is 0 Å². The number of nitrogen functional groups attached to an aromatic ring is 1. The molecule has 96 valence electrons. The second-order valence-electron chi connectivity index (χ2n) is 3.41. The Morgan fingerprint density at radius 2 is 2.00 bits per heavy atom. The van der Waals surface area contributed by atoms with Crippen LogP contribution in [0.15, 0.2) is 24.4 Å². The van der Waals surface area contributed by atoms with E-state index in [1.165, 1.54) is 25.4 Å². The fourth-order valence-corrected chi connectivity index (χ4v) is 1.34. The van der Waals surface area contributed by atoms with Gasteiger partial charge in [0.2, 0.25) is 5.88 Å². The first kappa shape index (κ1) is 12.2. The van der Waals surface area contributed by atoms with Crippen molar-refractivity contribution in [1.29, 1.82) is 0 Å². The van der Waals surface area contributed by atoms with Gasteiger partial charge in [0, 0.05) is 6.20 Å². The molecule has 0 aliphatic carbocycles. The van der Waals surface area contributed by atoms with Crippen molar-refractivity contribution < 1.29 is 17.9 Å². The fraction of sp³-hybridized carbons (Fsp3) is 0.200. The number of alkyl halides is 3. The average molecular weight is 258 g/mol. The highest BCUT2D eigenvalue weighted by molar-refractivity contribution is 5.50. The van der Waals surface area contributed by atoms with Gasteiger partial charge in [-0.3, -0.25) is 0 Å². The Hall–Kier alpha value is -2.25. The molecule has 2 heterocycles. The zero-order valence-electron chi connectivity index (χ0n) is 9.27. The predicted molar refractivity (Wildman–Crippen MR) is 57.3 cm³/mol. The van der Waals surface area contributed by atoms with Gasteiger partial charge in [0.15, 0.2) is 11.5 Å². The Morgan fingerprint density at radius 3 is 2.56 bits per heavy atom. The third-order valence-corrected chi connectivity index (χ3v) is 2.18. The highest BCUT2D eigenvalue weighted by Gasteiger charge is 2.33. The monoisotopic (exact) mass is 258 g/mol. The average Bonchev–Trinajstić information content (AvgIpc) is 2.78. The van der Waals surface area contributed by atoms with Gasteiger partial charge in [-0.15, -0.1) is 0 Å². The van der Waals surface area contributed by atoms with Gasteiger partial charge in [0.25, 0.3) is 0 Å². The number of pyridine rings is 1. The molecule has 0 amide bonds. The molecular weight excluding hydrogens is 249 g/mol. The van der Waals surface area contributed by atoms with Crippen molar-refractivity contribution in [2.24, 2.45) is 0 Å². The third kappa shape index (κ3) is 2.22. The maximum absolute atomic E-state index is 12.4. The summed E-state index contributed by atoms with van der Waals surface area (Å²) in [4.78, 5) is 3.94. The quantitative estimate of drug-likeness (QED) is 0.893. The van der Waals surface area contributed by atoms with Crippen molar-refractivity contribution in [2.45, 2.75) is 6.18 Å². The lowest BCUT2D eigenvalue weighted by molar-refractivity contribution is -0.141. The summed E-state index contributed by atoms with van der Waals surface area (Å²) in [6, 6.07) is 3.80. The Labute approximate surface area is 100.0 Å². The van der Waals surface area contributed by atoms with Crippen molar-refractivity contribution in [3.63, 3.8) is 0 Å². The second-order valence-corrected chi connectivity index (χ2v) is 3.41. The van der Waals surface area contributed by atoms with E-state index in [0.717, 1.165) is 10.7 Å². The minimum atomic E-state index is -4.48. The second kappa shape index (κ2) is 4.21. The van der Waals surface area contributed by atoms with Crippen LogP contribution in [-0.2, 0) is 6.18 Å². The van der Waals surface area contributed by atoms with E-state index in [0.29, 0.717) is 5.69 Å². The fourth-order valence-electron chi connectivity index (χ4n) is 1.34. The molecule has 0 aliphatic heterocycles. The zero-order valence-corrected chi connectivity index (χ0v) is 9.27. The van der Waals surface area contributed by atoms with Crippen LogP contribution in [0, 0.1) is 0 Å². The lowest BCUT2D eigenvalue weighted by Crippen LogP contribution is -2.08. The van der Waals surface area contributed by atoms with Crippen LogP contribution in [0.1, 0.15) is 5.69 Å². The van der Waals surface area contributed by atoms with Crippen molar-refractivity contribution in [3.05, 3.63) is 30.1 Å². The lowest BCUT2D eigenvalue weighted by atomic mass is 10.4. The number of hydrogen-bond donors (Lipinski definition) is 1. The van der Waals surface area contributed by atoms with Crippen LogP contribution in [0.2, 0.25) is 0 Å². The number of nitrogens with two attached hydrogens (primary N) is 1. The van der Waals surface area contributed by atoms with Crippen LogP contribution < -0.4 is 10.5 Å². The summed E-state index contributed by atoms with van der Waals surface area (Å²) in [5, 5.41) is 3.39. The molecule has 2 aromatic rings. The van der Waals surface area contributed by atoms with Crippen molar-refractivity contribution in [2.75, 3.05) is 12.8 Å². The summed E-state index contributed by atoms with van der Waals surface area (Å²) in [5.41, 5.74) is 4.87. The molecule has 0 unspecified atom stereocenters. The Bertz CT molecular complexity index is 564. The first-order valence-electron chi connectivity index (χ1n) is 4.85. The van der Waals surface area contributed by atoms with E-state index in [-0.39, 0.29) is 11.7 Å². The minimum absolute atomic E-state index is 0.136. The molecule has 0 fully saturated rings. The first-order chi connectivity index (χ1) is 8.41.